The fraction of sp³-hybridized carbons (Fsp3) is 0.208. The van der Waals surface area contributed by atoms with Crippen LogP contribution in [0.5, 0.6) is 11.5 Å². The Morgan fingerprint density at radius 2 is 1.56 bits per heavy atom. The fourth-order valence-electron chi connectivity index (χ4n) is 3.30. The van der Waals surface area contributed by atoms with E-state index in [2.05, 4.69) is 10.0 Å². The van der Waals surface area contributed by atoms with E-state index in [1.165, 1.54) is 32.4 Å². The minimum atomic E-state index is -3.98. The first-order valence-electron chi connectivity index (χ1n) is 10.1. The first kappa shape index (κ1) is 23.1. The van der Waals surface area contributed by atoms with Crippen molar-refractivity contribution in [3.05, 3.63) is 83.9 Å². The lowest BCUT2D eigenvalue weighted by Crippen LogP contribution is -2.29. The molecule has 1 amide bonds. The zero-order chi connectivity index (χ0) is 23.1. The maximum absolute atomic E-state index is 13.0. The molecule has 0 bridgehead atoms. The van der Waals surface area contributed by atoms with E-state index in [1.54, 1.807) is 24.3 Å². The Bertz CT molecular complexity index is 1180. The lowest BCUT2D eigenvalue weighted by atomic mass is 10.0. The highest BCUT2D eigenvalue weighted by Gasteiger charge is 2.22. The van der Waals surface area contributed by atoms with Gasteiger partial charge in [0.25, 0.3) is 15.9 Å². The third kappa shape index (κ3) is 5.20. The summed E-state index contributed by atoms with van der Waals surface area (Å²) < 4.78 is 38.9. The first-order valence-corrected chi connectivity index (χ1v) is 11.6. The maximum Gasteiger partial charge on any atom is 0.262 e. The highest BCUT2D eigenvalue weighted by Crippen LogP contribution is 2.30. The molecule has 0 aliphatic carbocycles. The molecule has 0 radical (unpaired) electrons. The Morgan fingerprint density at radius 1 is 0.906 bits per heavy atom. The number of carbonyl (C=O) groups excluding carboxylic acids is 1. The zero-order valence-electron chi connectivity index (χ0n) is 18.2. The van der Waals surface area contributed by atoms with Crippen LogP contribution in [0, 0.1) is 0 Å². The van der Waals surface area contributed by atoms with Crippen LogP contribution in [0.15, 0.2) is 77.7 Å². The molecule has 0 saturated carbocycles. The van der Waals surface area contributed by atoms with Gasteiger partial charge in [-0.2, -0.15) is 0 Å². The van der Waals surface area contributed by atoms with E-state index in [-0.39, 0.29) is 33.8 Å². The average molecular weight is 455 g/mol. The van der Waals surface area contributed by atoms with Gasteiger partial charge in [-0.3, -0.25) is 9.52 Å². The molecule has 32 heavy (non-hydrogen) atoms. The van der Waals surface area contributed by atoms with Crippen molar-refractivity contribution in [1.82, 2.24) is 5.32 Å². The third-order valence-electron chi connectivity index (χ3n) is 5.00. The number of ether oxygens (including phenoxy) is 2. The van der Waals surface area contributed by atoms with Gasteiger partial charge in [-0.05, 0) is 36.2 Å². The van der Waals surface area contributed by atoms with Crippen LogP contribution in [-0.4, -0.2) is 28.5 Å². The third-order valence-corrected chi connectivity index (χ3v) is 6.36. The molecule has 0 heterocycles. The highest BCUT2D eigenvalue weighted by atomic mass is 32.2. The van der Waals surface area contributed by atoms with Gasteiger partial charge in [-0.15, -0.1) is 0 Å². The second kappa shape index (κ2) is 10.2. The topological polar surface area (TPSA) is 93.7 Å². The molecule has 7 nitrogen and oxygen atoms in total. The quantitative estimate of drug-likeness (QED) is 0.500. The number of hydrogen-bond donors (Lipinski definition) is 2. The number of amides is 1. The Labute approximate surface area is 188 Å². The van der Waals surface area contributed by atoms with Crippen LogP contribution in [0.2, 0.25) is 0 Å². The van der Waals surface area contributed by atoms with E-state index < -0.39 is 10.0 Å². The van der Waals surface area contributed by atoms with Crippen molar-refractivity contribution in [2.75, 3.05) is 18.9 Å². The highest BCUT2D eigenvalue weighted by molar-refractivity contribution is 7.92. The lowest BCUT2D eigenvalue weighted by Gasteiger charge is -2.19. The largest absolute Gasteiger partial charge is 0.493 e. The molecule has 168 valence electrons. The molecule has 8 heteroatoms. The molecule has 3 aromatic rings. The van der Waals surface area contributed by atoms with E-state index in [9.17, 15) is 13.2 Å². The minimum absolute atomic E-state index is 0.0129. The van der Waals surface area contributed by atoms with E-state index in [4.69, 9.17) is 9.47 Å². The Hall–Kier alpha value is -3.52. The molecule has 0 aliphatic heterocycles. The van der Waals surface area contributed by atoms with Crippen LogP contribution in [0.4, 0.5) is 5.69 Å². The van der Waals surface area contributed by atoms with Gasteiger partial charge in [0, 0.05) is 6.07 Å². The zero-order valence-corrected chi connectivity index (χ0v) is 19.0. The molecule has 0 spiro atoms. The minimum Gasteiger partial charge on any atom is -0.493 e. The van der Waals surface area contributed by atoms with Crippen LogP contribution < -0.4 is 19.5 Å². The van der Waals surface area contributed by atoms with Gasteiger partial charge in [-0.25, -0.2) is 8.42 Å². The van der Waals surface area contributed by atoms with Gasteiger partial charge in [0.2, 0.25) is 0 Å². The molecule has 3 rings (SSSR count). The summed E-state index contributed by atoms with van der Waals surface area (Å²) in [7, 11) is -1.08. The number of carbonyl (C=O) groups is 1. The summed E-state index contributed by atoms with van der Waals surface area (Å²) in [6, 6.07) is 20.2. The number of sulfonamides is 1. The van der Waals surface area contributed by atoms with Crippen molar-refractivity contribution in [3.63, 3.8) is 0 Å². The van der Waals surface area contributed by atoms with Crippen LogP contribution in [0.1, 0.15) is 35.3 Å². The van der Waals surface area contributed by atoms with E-state index in [0.717, 1.165) is 5.56 Å². The summed E-state index contributed by atoms with van der Waals surface area (Å²) in [5.74, 6) is 0.333. The van der Waals surface area contributed by atoms with Crippen LogP contribution in [-0.2, 0) is 10.0 Å². The van der Waals surface area contributed by atoms with E-state index >= 15 is 0 Å². The van der Waals surface area contributed by atoms with E-state index in [1.807, 2.05) is 37.3 Å². The number of nitrogens with one attached hydrogen (secondary N) is 2. The van der Waals surface area contributed by atoms with Gasteiger partial charge < -0.3 is 14.8 Å². The van der Waals surface area contributed by atoms with Crippen LogP contribution >= 0.6 is 0 Å². The van der Waals surface area contributed by atoms with Gasteiger partial charge in [0.15, 0.2) is 11.5 Å². The average Bonchev–Trinajstić information content (AvgIpc) is 2.82. The predicted octanol–water partition coefficient (Wildman–Crippen LogP) is 4.39. The van der Waals surface area contributed by atoms with Crippen LogP contribution in [0.3, 0.4) is 0 Å². The summed E-state index contributed by atoms with van der Waals surface area (Å²) >= 11 is 0. The lowest BCUT2D eigenvalue weighted by molar-refractivity contribution is 0.0936. The summed E-state index contributed by atoms with van der Waals surface area (Å²) in [4.78, 5) is 13.0. The Kier molecular flexibility index (Phi) is 7.37. The molecule has 2 N–H and O–H groups in total. The first-order chi connectivity index (χ1) is 15.4. The monoisotopic (exact) mass is 454 g/mol. The second-order valence-corrected chi connectivity index (χ2v) is 8.70. The van der Waals surface area contributed by atoms with Crippen molar-refractivity contribution in [2.24, 2.45) is 0 Å². The standard InChI is InChI=1S/C24H26N2O5S/c1-4-20(17-10-6-5-7-11-17)25-24(27)19-12-8-9-13-21(19)26-32(28,29)18-14-15-22(30-2)23(16-18)31-3/h5-16,20,26H,4H2,1-3H3,(H,25,27). The maximum atomic E-state index is 13.0. The summed E-state index contributed by atoms with van der Waals surface area (Å²) in [6.07, 6.45) is 0.690. The Morgan fingerprint density at radius 3 is 2.22 bits per heavy atom. The van der Waals surface area contributed by atoms with E-state index in [0.29, 0.717) is 12.2 Å². The van der Waals surface area contributed by atoms with Crippen molar-refractivity contribution >= 4 is 21.6 Å². The SMILES string of the molecule is CCC(NC(=O)c1ccccc1NS(=O)(=O)c1ccc(OC)c(OC)c1)c1ccccc1. The summed E-state index contributed by atoms with van der Waals surface area (Å²) in [5, 5.41) is 2.99. The second-order valence-electron chi connectivity index (χ2n) is 7.01. The molecule has 0 aromatic heterocycles. The van der Waals surface area contributed by atoms with Crippen molar-refractivity contribution in [3.8, 4) is 11.5 Å². The molecular formula is C24H26N2O5S. The molecule has 3 aromatic carbocycles. The number of rotatable bonds is 9. The number of anilines is 1. The predicted molar refractivity (Wildman–Crippen MR) is 124 cm³/mol. The smallest absolute Gasteiger partial charge is 0.262 e. The molecule has 1 atom stereocenters. The van der Waals surface area contributed by atoms with Gasteiger partial charge in [-0.1, -0.05) is 49.4 Å². The number of para-hydroxylation sites is 1. The molecule has 0 aliphatic rings. The van der Waals surface area contributed by atoms with Crippen molar-refractivity contribution < 1.29 is 22.7 Å². The molecule has 0 fully saturated rings. The van der Waals surface area contributed by atoms with Crippen molar-refractivity contribution in [2.45, 2.75) is 24.3 Å². The van der Waals surface area contributed by atoms with Gasteiger partial charge in [0.1, 0.15) is 0 Å². The normalized spacial score (nSPS) is 12.0. The summed E-state index contributed by atoms with van der Waals surface area (Å²) in [6.45, 7) is 1.98. The Balaban J connectivity index is 1.87. The molecule has 1 unspecified atom stereocenters. The fourth-order valence-corrected chi connectivity index (χ4v) is 4.39. The number of methoxy groups -OCH3 is 2. The van der Waals surface area contributed by atoms with Crippen LogP contribution in [0.25, 0.3) is 0 Å². The van der Waals surface area contributed by atoms with Crippen molar-refractivity contribution in [1.29, 1.82) is 0 Å². The molecule has 0 saturated heterocycles. The number of hydrogen-bond acceptors (Lipinski definition) is 5. The van der Waals surface area contributed by atoms with Gasteiger partial charge >= 0.3 is 0 Å². The molecular weight excluding hydrogens is 428 g/mol. The van der Waals surface area contributed by atoms with Gasteiger partial charge in [0.05, 0.1) is 36.4 Å². The summed E-state index contributed by atoms with van der Waals surface area (Å²) in [5.41, 5.74) is 1.39. The number of benzene rings is 3.